The molecular weight excluding hydrogens is 280 g/mol. The first kappa shape index (κ1) is 15.0. The van der Waals surface area contributed by atoms with Crippen LogP contribution in [-0.2, 0) is 16.6 Å². The maximum absolute atomic E-state index is 11.8. The van der Waals surface area contributed by atoms with E-state index in [0.29, 0.717) is 12.6 Å². The zero-order chi connectivity index (χ0) is 13.7. The highest BCUT2D eigenvalue weighted by Gasteiger charge is 2.19. The second-order valence-corrected chi connectivity index (χ2v) is 8.39. The van der Waals surface area contributed by atoms with Crippen molar-refractivity contribution >= 4 is 21.4 Å². The molecule has 0 radical (unpaired) electrons. The lowest BCUT2D eigenvalue weighted by molar-refractivity contribution is 0.573. The Morgan fingerprint density at radius 1 is 1.32 bits per heavy atom. The normalized spacial score (nSPS) is 15.8. The highest BCUT2D eigenvalue weighted by molar-refractivity contribution is 7.89. The lowest BCUT2D eigenvalue weighted by Gasteiger charge is -2.06. The van der Waals surface area contributed by atoms with Crippen molar-refractivity contribution in [3.05, 3.63) is 21.9 Å². The molecular formula is C13H22N2O2S2. The highest BCUT2D eigenvalue weighted by atomic mass is 32.2. The Morgan fingerprint density at radius 2 is 2.11 bits per heavy atom. The molecule has 0 amide bonds. The van der Waals surface area contributed by atoms with Crippen LogP contribution in [0, 0.1) is 6.92 Å². The fraction of sp³-hybridized carbons (Fsp3) is 0.692. The maximum Gasteiger partial charge on any atom is 0.211 e. The molecule has 1 saturated carbocycles. The van der Waals surface area contributed by atoms with Crippen LogP contribution in [0.25, 0.3) is 0 Å². The van der Waals surface area contributed by atoms with Gasteiger partial charge in [-0.3, -0.25) is 0 Å². The third kappa shape index (κ3) is 6.03. The number of rotatable bonds is 9. The summed E-state index contributed by atoms with van der Waals surface area (Å²) in [4.78, 5) is 2.27. The molecule has 1 heterocycles. The second-order valence-electron chi connectivity index (χ2n) is 5.09. The molecule has 108 valence electrons. The van der Waals surface area contributed by atoms with Gasteiger partial charge >= 0.3 is 0 Å². The van der Waals surface area contributed by atoms with Gasteiger partial charge in [-0.25, -0.2) is 13.1 Å². The average molecular weight is 302 g/mol. The van der Waals surface area contributed by atoms with Gasteiger partial charge in [0, 0.05) is 22.3 Å². The summed E-state index contributed by atoms with van der Waals surface area (Å²) < 4.78 is 26.2. The predicted octanol–water partition coefficient (Wildman–Crippen LogP) is 2.01. The van der Waals surface area contributed by atoms with E-state index in [4.69, 9.17) is 0 Å². The molecule has 0 aliphatic heterocycles. The van der Waals surface area contributed by atoms with Crippen LogP contribution in [0.4, 0.5) is 0 Å². The molecule has 0 bridgehead atoms. The highest BCUT2D eigenvalue weighted by Crippen LogP contribution is 2.18. The summed E-state index contributed by atoms with van der Waals surface area (Å²) in [7, 11) is -3.13. The number of thiophene rings is 1. The summed E-state index contributed by atoms with van der Waals surface area (Å²) >= 11 is 1.63. The van der Waals surface area contributed by atoms with Crippen LogP contribution in [0.2, 0.25) is 0 Å². The van der Waals surface area contributed by atoms with Crippen LogP contribution in [0.3, 0.4) is 0 Å². The molecule has 1 aliphatic carbocycles. The number of sulfonamides is 1. The van der Waals surface area contributed by atoms with E-state index < -0.39 is 10.0 Å². The van der Waals surface area contributed by atoms with Crippen molar-refractivity contribution in [1.82, 2.24) is 10.0 Å². The number of nitrogens with one attached hydrogen (secondary N) is 2. The minimum atomic E-state index is -3.13. The smallest absolute Gasteiger partial charge is 0.211 e. The molecule has 1 aliphatic rings. The van der Waals surface area contributed by atoms with Gasteiger partial charge in [-0.15, -0.1) is 11.3 Å². The Balaban J connectivity index is 1.60. The van der Waals surface area contributed by atoms with Crippen LogP contribution in [0.5, 0.6) is 0 Å². The van der Waals surface area contributed by atoms with Gasteiger partial charge in [-0.05, 0) is 51.3 Å². The lowest BCUT2D eigenvalue weighted by Crippen LogP contribution is -2.26. The van der Waals surface area contributed by atoms with Crippen molar-refractivity contribution in [2.45, 2.75) is 45.2 Å². The molecule has 19 heavy (non-hydrogen) atoms. The van der Waals surface area contributed by atoms with Gasteiger partial charge in [0.2, 0.25) is 10.0 Å². The van der Waals surface area contributed by atoms with Gasteiger partial charge < -0.3 is 5.32 Å². The van der Waals surface area contributed by atoms with Gasteiger partial charge in [0.05, 0.1) is 5.75 Å². The van der Waals surface area contributed by atoms with Crippen LogP contribution in [0.1, 0.15) is 35.4 Å². The maximum atomic E-state index is 11.8. The Morgan fingerprint density at radius 3 is 2.74 bits per heavy atom. The fourth-order valence-corrected chi connectivity index (χ4v) is 3.87. The third-order valence-electron chi connectivity index (χ3n) is 3.11. The second kappa shape index (κ2) is 6.83. The SMILES string of the molecule is Cc1ccc(CNS(=O)(=O)CCCCNC2CC2)s1. The van der Waals surface area contributed by atoms with E-state index in [-0.39, 0.29) is 5.75 Å². The van der Waals surface area contributed by atoms with Crippen molar-refractivity contribution in [2.75, 3.05) is 12.3 Å². The monoisotopic (exact) mass is 302 g/mol. The molecule has 0 unspecified atom stereocenters. The van der Waals surface area contributed by atoms with E-state index in [0.717, 1.165) is 24.3 Å². The number of aryl methyl sites for hydroxylation is 1. The van der Waals surface area contributed by atoms with Gasteiger partial charge in [0.1, 0.15) is 0 Å². The number of hydrogen-bond acceptors (Lipinski definition) is 4. The van der Waals surface area contributed by atoms with Gasteiger partial charge in [-0.1, -0.05) is 0 Å². The van der Waals surface area contributed by atoms with Crippen LogP contribution in [-0.4, -0.2) is 26.8 Å². The Kier molecular flexibility index (Phi) is 5.38. The fourth-order valence-electron chi connectivity index (χ4n) is 1.84. The van der Waals surface area contributed by atoms with Gasteiger partial charge in [-0.2, -0.15) is 0 Å². The Bertz CT molecular complexity index is 492. The van der Waals surface area contributed by atoms with Gasteiger partial charge in [0.15, 0.2) is 0 Å². The molecule has 6 heteroatoms. The minimum Gasteiger partial charge on any atom is -0.314 e. The first-order valence-electron chi connectivity index (χ1n) is 6.81. The van der Waals surface area contributed by atoms with Crippen molar-refractivity contribution in [2.24, 2.45) is 0 Å². The molecule has 1 aromatic rings. The molecule has 0 atom stereocenters. The van der Waals surface area contributed by atoms with Gasteiger partial charge in [0.25, 0.3) is 0 Å². The standard InChI is InChI=1S/C13H22N2O2S2/c1-11-4-7-13(18-11)10-15-19(16,17)9-3-2-8-14-12-5-6-12/h4,7,12,14-15H,2-3,5-6,8-10H2,1H3. The van der Waals surface area contributed by atoms with E-state index in [2.05, 4.69) is 10.0 Å². The first-order valence-corrected chi connectivity index (χ1v) is 9.28. The van der Waals surface area contributed by atoms with E-state index >= 15 is 0 Å². The largest absolute Gasteiger partial charge is 0.314 e. The number of unbranched alkanes of at least 4 members (excludes halogenated alkanes) is 1. The average Bonchev–Trinajstić information content (AvgIpc) is 3.08. The van der Waals surface area contributed by atoms with Crippen LogP contribution in [0.15, 0.2) is 12.1 Å². The van der Waals surface area contributed by atoms with Crippen molar-refractivity contribution in [3.63, 3.8) is 0 Å². The molecule has 1 aromatic heterocycles. The van der Waals surface area contributed by atoms with Crippen molar-refractivity contribution in [3.8, 4) is 0 Å². The molecule has 0 saturated heterocycles. The Hall–Kier alpha value is -0.430. The topological polar surface area (TPSA) is 58.2 Å². The molecule has 2 N–H and O–H groups in total. The molecule has 0 aromatic carbocycles. The number of hydrogen-bond donors (Lipinski definition) is 2. The summed E-state index contributed by atoms with van der Waals surface area (Å²) in [5.41, 5.74) is 0. The molecule has 1 fully saturated rings. The molecule has 4 nitrogen and oxygen atoms in total. The molecule has 2 rings (SSSR count). The van der Waals surface area contributed by atoms with Crippen LogP contribution < -0.4 is 10.0 Å². The van der Waals surface area contributed by atoms with E-state index in [1.54, 1.807) is 11.3 Å². The van der Waals surface area contributed by atoms with E-state index in [1.807, 2.05) is 19.1 Å². The summed E-state index contributed by atoms with van der Waals surface area (Å²) in [6.45, 7) is 3.38. The summed E-state index contributed by atoms with van der Waals surface area (Å²) in [6.07, 6.45) is 4.20. The van der Waals surface area contributed by atoms with Crippen molar-refractivity contribution < 1.29 is 8.42 Å². The van der Waals surface area contributed by atoms with E-state index in [9.17, 15) is 8.42 Å². The first-order chi connectivity index (χ1) is 9.05. The summed E-state index contributed by atoms with van der Waals surface area (Å²) in [5, 5.41) is 3.39. The predicted molar refractivity (Wildman–Crippen MR) is 79.9 cm³/mol. The quantitative estimate of drug-likeness (QED) is 0.686. The Labute approximate surface area is 119 Å². The minimum absolute atomic E-state index is 0.226. The molecule has 0 spiro atoms. The zero-order valence-corrected chi connectivity index (χ0v) is 12.9. The lowest BCUT2D eigenvalue weighted by atomic mass is 10.3. The van der Waals surface area contributed by atoms with Crippen molar-refractivity contribution in [1.29, 1.82) is 0 Å². The van der Waals surface area contributed by atoms with Crippen LogP contribution >= 0.6 is 11.3 Å². The summed E-state index contributed by atoms with van der Waals surface area (Å²) in [6, 6.07) is 4.69. The zero-order valence-electron chi connectivity index (χ0n) is 11.3. The van der Waals surface area contributed by atoms with E-state index in [1.165, 1.54) is 17.7 Å². The third-order valence-corrected chi connectivity index (χ3v) is 5.52. The summed E-state index contributed by atoms with van der Waals surface area (Å²) in [5.74, 6) is 0.226.